The maximum atomic E-state index is 6.32. The van der Waals surface area contributed by atoms with E-state index in [0.717, 1.165) is 38.8 Å². The first kappa shape index (κ1) is 17.5. The van der Waals surface area contributed by atoms with Crippen LogP contribution in [0.1, 0.15) is 38.5 Å². The normalized spacial score (nSPS) is 46.6. The Kier molecular flexibility index (Phi) is 5.97. The van der Waals surface area contributed by atoms with Crippen LogP contribution >= 0.6 is 11.6 Å². The molecule has 4 N–H and O–H groups in total. The molecule has 138 valence electrons. The second-order valence-electron chi connectivity index (χ2n) is 8.26. The van der Waals surface area contributed by atoms with Crippen molar-refractivity contribution in [2.45, 2.75) is 56.1 Å². The quantitative estimate of drug-likeness (QED) is 0.574. The van der Waals surface area contributed by atoms with Gasteiger partial charge in [-0.25, -0.2) is 5.43 Å². The van der Waals surface area contributed by atoms with Crippen molar-refractivity contribution < 1.29 is 4.74 Å². The van der Waals surface area contributed by atoms with Crippen molar-refractivity contribution in [3.8, 4) is 0 Å². The maximum absolute atomic E-state index is 6.32. The zero-order chi connectivity index (χ0) is 16.4. The van der Waals surface area contributed by atoms with Gasteiger partial charge in [0.25, 0.3) is 0 Å². The molecule has 3 aliphatic heterocycles. The minimum Gasteiger partial charge on any atom is -0.381 e. The summed E-state index contributed by atoms with van der Waals surface area (Å²) in [6, 6.07) is 0.583. The summed E-state index contributed by atoms with van der Waals surface area (Å²) in [5.74, 6) is 2.88. The Morgan fingerprint density at radius 2 is 1.88 bits per heavy atom. The van der Waals surface area contributed by atoms with Gasteiger partial charge in [-0.1, -0.05) is 0 Å². The summed E-state index contributed by atoms with van der Waals surface area (Å²) in [5.41, 5.74) is 7.34. The number of ether oxygens (including phenoxy) is 1. The summed E-state index contributed by atoms with van der Waals surface area (Å²) in [5, 5.41) is 7.83. The van der Waals surface area contributed by atoms with Crippen LogP contribution in [0.3, 0.4) is 0 Å². The van der Waals surface area contributed by atoms with E-state index in [9.17, 15) is 0 Å². The molecule has 0 bridgehead atoms. The molecule has 0 spiro atoms. The number of rotatable bonds is 4. The molecule has 0 amide bonds. The molecular formula is C18H33ClN4O. The lowest BCUT2D eigenvalue weighted by atomic mass is 9.70. The summed E-state index contributed by atoms with van der Waals surface area (Å²) in [7, 11) is 0. The molecule has 6 heteroatoms. The Balaban J connectivity index is 1.36. The Morgan fingerprint density at radius 3 is 2.67 bits per heavy atom. The summed E-state index contributed by atoms with van der Waals surface area (Å²) in [6.07, 6.45) is 7.75. The molecule has 4 aliphatic rings. The number of fused-ring (bicyclic) bond motifs is 1. The SMILES string of the molecule is ClC1CCC(C2NNC(NC[C@H]3CCOC3)C3CCNCC32)CC1. The fourth-order valence-corrected chi connectivity index (χ4v) is 5.51. The number of hydrogen-bond acceptors (Lipinski definition) is 5. The first-order chi connectivity index (χ1) is 11.8. The molecule has 0 radical (unpaired) electrons. The third-order valence-electron chi connectivity index (χ3n) is 6.74. The van der Waals surface area contributed by atoms with Crippen molar-refractivity contribution >= 4 is 11.6 Å². The van der Waals surface area contributed by atoms with Gasteiger partial charge >= 0.3 is 0 Å². The van der Waals surface area contributed by atoms with Crippen LogP contribution in [-0.2, 0) is 4.74 Å². The highest BCUT2D eigenvalue weighted by Crippen LogP contribution is 2.37. The van der Waals surface area contributed by atoms with Gasteiger partial charge in [-0.05, 0) is 75.3 Å². The van der Waals surface area contributed by atoms with E-state index in [0.29, 0.717) is 35.3 Å². The highest BCUT2D eigenvalue weighted by atomic mass is 35.5. The van der Waals surface area contributed by atoms with Gasteiger partial charge in [0.05, 0.1) is 12.8 Å². The maximum Gasteiger partial charge on any atom is 0.0737 e. The zero-order valence-corrected chi connectivity index (χ0v) is 15.4. The van der Waals surface area contributed by atoms with Crippen LogP contribution in [0.15, 0.2) is 0 Å². The van der Waals surface area contributed by atoms with Gasteiger partial charge in [0, 0.05) is 24.6 Å². The van der Waals surface area contributed by atoms with Gasteiger partial charge in [-0.15, -0.1) is 11.6 Å². The Labute approximate surface area is 151 Å². The van der Waals surface area contributed by atoms with Crippen molar-refractivity contribution in [3.63, 3.8) is 0 Å². The van der Waals surface area contributed by atoms with Crippen LogP contribution < -0.4 is 21.5 Å². The second-order valence-corrected chi connectivity index (χ2v) is 8.88. The van der Waals surface area contributed by atoms with Gasteiger partial charge < -0.3 is 15.4 Å². The predicted molar refractivity (Wildman–Crippen MR) is 96.8 cm³/mol. The molecule has 4 fully saturated rings. The van der Waals surface area contributed by atoms with Gasteiger partial charge in [0.1, 0.15) is 0 Å². The molecule has 0 aromatic heterocycles. The van der Waals surface area contributed by atoms with Crippen molar-refractivity contribution in [1.29, 1.82) is 0 Å². The van der Waals surface area contributed by atoms with E-state index in [-0.39, 0.29) is 0 Å². The molecule has 0 aromatic carbocycles. The molecule has 5 atom stereocenters. The average molecular weight is 357 g/mol. The van der Waals surface area contributed by atoms with Crippen LogP contribution in [0, 0.1) is 23.7 Å². The first-order valence-electron chi connectivity index (χ1n) is 9.98. The molecule has 1 aliphatic carbocycles. The summed E-state index contributed by atoms with van der Waals surface area (Å²) in [4.78, 5) is 0. The number of nitrogens with one attached hydrogen (secondary N) is 4. The largest absolute Gasteiger partial charge is 0.381 e. The molecule has 1 saturated carbocycles. The van der Waals surface area contributed by atoms with Crippen LogP contribution in [-0.4, -0.2) is 50.4 Å². The molecule has 0 aromatic rings. The summed E-state index contributed by atoms with van der Waals surface area (Å²) >= 11 is 6.32. The number of piperidine rings is 1. The second kappa shape index (κ2) is 8.19. The topological polar surface area (TPSA) is 57.3 Å². The minimum atomic E-state index is 0.387. The van der Waals surface area contributed by atoms with E-state index in [4.69, 9.17) is 16.3 Å². The highest BCUT2D eigenvalue weighted by Gasteiger charge is 2.44. The standard InChI is InChI=1S/C18H33ClN4O/c19-14-3-1-13(2-4-14)17-16-10-20-7-5-15(16)18(23-22-17)21-9-12-6-8-24-11-12/h12-18,20-23H,1-11H2/t12-,13?,14?,15?,16?,17?,18?/m1/s1. The van der Waals surface area contributed by atoms with E-state index in [1.165, 1.54) is 38.5 Å². The number of hydrazine groups is 1. The Hall–Kier alpha value is 0.0900. The third kappa shape index (κ3) is 3.92. The van der Waals surface area contributed by atoms with Gasteiger partial charge in [-0.2, -0.15) is 0 Å². The van der Waals surface area contributed by atoms with E-state index in [1.807, 2.05) is 0 Å². The fraction of sp³-hybridized carbons (Fsp3) is 1.00. The Morgan fingerprint density at radius 1 is 1.00 bits per heavy atom. The van der Waals surface area contributed by atoms with E-state index in [2.05, 4.69) is 21.5 Å². The molecule has 24 heavy (non-hydrogen) atoms. The molecular weight excluding hydrogens is 324 g/mol. The minimum absolute atomic E-state index is 0.387. The van der Waals surface area contributed by atoms with Crippen LogP contribution in [0.4, 0.5) is 0 Å². The van der Waals surface area contributed by atoms with Gasteiger partial charge in [-0.3, -0.25) is 5.43 Å². The predicted octanol–water partition coefficient (Wildman–Crippen LogP) is 1.44. The zero-order valence-electron chi connectivity index (χ0n) is 14.6. The third-order valence-corrected chi connectivity index (χ3v) is 7.18. The van der Waals surface area contributed by atoms with Gasteiger partial charge in [0.15, 0.2) is 0 Å². The smallest absolute Gasteiger partial charge is 0.0737 e. The summed E-state index contributed by atoms with van der Waals surface area (Å²) < 4.78 is 5.51. The lowest BCUT2D eigenvalue weighted by molar-refractivity contribution is 0.0315. The number of hydrogen-bond donors (Lipinski definition) is 4. The van der Waals surface area contributed by atoms with Crippen molar-refractivity contribution in [2.24, 2.45) is 23.7 Å². The van der Waals surface area contributed by atoms with E-state index < -0.39 is 0 Å². The molecule has 5 nitrogen and oxygen atoms in total. The van der Waals surface area contributed by atoms with Crippen LogP contribution in [0.5, 0.6) is 0 Å². The average Bonchev–Trinajstić information content (AvgIpc) is 3.14. The van der Waals surface area contributed by atoms with Crippen LogP contribution in [0.25, 0.3) is 0 Å². The van der Waals surface area contributed by atoms with E-state index >= 15 is 0 Å². The molecule has 3 saturated heterocycles. The monoisotopic (exact) mass is 356 g/mol. The first-order valence-corrected chi connectivity index (χ1v) is 10.4. The van der Waals surface area contributed by atoms with E-state index in [1.54, 1.807) is 0 Å². The van der Waals surface area contributed by atoms with Crippen molar-refractivity contribution in [1.82, 2.24) is 21.5 Å². The number of alkyl halides is 1. The van der Waals surface area contributed by atoms with Crippen LogP contribution in [0.2, 0.25) is 0 Å². The highest BCUT2D eigenvalue weighted by molar-refractivity contribution is 6.20. The lowest BCUT2D eigenvalue weighted by Gasteiger charge is -2.50. The Bertz CT molecular complexity index is 398. The fourth-order valence-electron chi connectivity index (χ4n) is 5.26. The molecule has 3 heterocycles. The van der Waals surface area contributed by atoms with Gasteiger partial charge in [0.2, 0.25) is 0 Å². The van der Waals surface area contributed by atoms with Crippen molar-refractivity contribution in [2.75, 3.05) is 32.8 Å². The molecule has 4 rings (SSSR count). The molecule has 4 unspecified atom stereocenters. The number of halogens is 1. The lowest BCUT2D eigenvalue weighted by Crippen LogP contribution is -2.70. The van der Waals surface area contributed by atoms with Crippen molar-refractivity contribution in [3.05, 3.63) is 0 Å². The summed E-state index contributed by atoms with van der Waals surface area (Å²) in [6.45, 7) is 5.22.